The quantitative estimate of drug-likeness (QED) is 0.738. The van der Waals surface area contributed by atoms with Gasteiger partial charge in [-0.15, -0.1) is 0 Å². The fourth-order valence-electron chi connectivity index (χ4n) is 4.55. The van der Waals surface area contributed by atoms with Crippen LogP contribution in [0, 0.1) is 5.92 Å². The molecule has 2 aliphatic heterocycles. The van der Waals surface area contributed by atoms with E-state index in [0.717, 1.165) is 11.0 Å². The number of ether oxygens (including phenoxy) is 1. The van der Waals surface area contributed by atoms with Crippen molar-refractivity contribution in [2.24, 2.45) is 11.7 Å². The minimum absolute atomic E-state index is 0.0517. The molecule has 1 aliphatic carbocycles. The van der Waals surface area contributed by atoms with E-state index >= 15 is 0 Å². The molecule has 8 heteroatoms. The van der Waals surface area contributed by atoms with Gasteiger partial charge in [-0.25, -0.2) is 0 Å². The number of amides is 2. The Morgan fingerprint density at radius 2 is 2.25 bits per heavy atom. The van der Waals surface area contributed by atoms with Crippen molar-refractivity contribution in [2.75, 3.05) is 20.2 Å². The lowest BCUT2D eigenvalue weighted by Crippen LogP contribution is -2.51. The van der Waals surface area contributed by atoms with E-state index in [1.807, 2.05) is 16.7 Å². The summed E-state index contributed by atoms with van der Waals surface area (Å²) in [7, 11) is 1.80. The number of carbonyl (C=O) groups is 2. The van der Waals surface area contributed by atoms with E-state index in [0.29, 0.717) is 31.7 Å². The molecule has 4 rings (SSSR count). The van der Waals surface area contributed by atoms with E-state index in [9.17, 15) is 9.59 Å². The van der Waals surface area contributed by atoms with Gasteiger partial charge in [0.2, 0.25) is 5.91 Å². The van der Waals surface area contributed by atoms with Crippen LogP contribution in [0.2, 0.25) is 0 Å². The summed E-state index contributed by atoms with van der Waals surface area (Å²) in [5.74, 6) is -0.0799. The topological polar surface area (TPSA) is 89.6 Å². The molecule has 0 radical (unpaired) electrons. The molecule has 24 heavy (non-hydrogen) atoms. The van der Waals surface area contributed by atoms with E-state index in [4.69, 9.17) is 10.5 Å². The summed E-state index contributed by atoms with van der Waals surface area (Å²) in [6, 6.07) is 3.67. The maximum atomic E-state index is 12.4. The molecule has 3 N–H and O–H groups in total. The third-order valence-corrected chi connectivity index (χ3v) is 6.34. The monoisotopic (exact) mass is 396 g/mol. The van der Waals surface area contributed by atoms with Crippen LogP contribution in [-0.2, 0) is 9.53 Å². The average molecular weight is 397 g/mol. The number of likely N-dealkylation sites (tertiary alicyclic amines) is 1. The number of halogens is 1. The number of rotatable bonds is 4. The molecular formula is C16H21BrN4O3. The summed E-state index contributed by atoms with van der Waals surface area (Å²) in [6.07, 6.45) is 1.81. The van der Waals surface area contributed by atoms with E-state index in [-0.39, 0.29) is 29.8 Å². The summed E-state index contributed by atoms with van der Waals surface area (Å²) < 4.78 is 9.16. The molecule has 2 amide bonds. The summed E-state index contributed by atoms with van der Waals surface area (Å²) in [4.78, 5) is 26.5. The molecule has 130 valence electrons. The van der Waals surface area contributed by atoms with E-state index in [2.05, 4.69) is 21.2 Å². The van der Waals surface area contributed by atoms with Gasteiger partial charge in [0.25, 0.3) is 5.91 Å². The van der Waals surface area contributed by atoms with Crippen LogP contribution in [0.4, 0.5) is 0 Å². The van der Waals surface area contributed by atoms with Crippen molar-refractivity contribution in [1.29, 1.82) is 0 Å². The van der Waals surface area contributed by atoms with Gasteiger partial charge < -0.3 is 25.3 Å². The van der Waals surface area contributed by atoms with Crippen molar-refractivity contribution >= 4 is 27.7 Å². The SMILES string of the molecule is CN1C(=O)C[C@H]2[C@@H]3NC(=O)c4ccc(Br)n4[C@@H]3C[C@]21OCCCN. The molecule has 1 aromatic heterocycles. The van der Waals surface area contributed by atoms with Gasteiger partial charge in [-0.3, -0.25) is 9.59 Å². The molecule has 1 saturated carbocycles. The smallest absolute Gasteiger partial charge is 0.268 e. The van der Waals surface area contributed by atoms with Gasteiger partial charge in [-0.2, -0.15) is 0 Å². The zero-order chi connectivity index (χ0) is 17.1. The number of nitrogens with one attached hydrogen (secondary N) is 1. The van der Waals surface area contributed by atoms with E-state index in [1.54, 1.807) is 11.9 Å². The van der Waals surface area contributed by atoms with Crippen LogP contribution < -0.4 is 11.1 Å². The predicted molar refractivity (Wildman–Crippen MR) is 90.3 cm³/mol. The first-order valence-corrected chi connectivity index (χ1v) is 9.07. The van der Waals surface area contributed by atoms with Crippen molar-refractivity contribution in [1.82, 2.24) is 14.8 Å². The van der Waals surface area contributed by atoms with Crippen molar-refractivity contribution in [3.05, 3.63) is 22.4 Å². The first kappa shape index (κ1) is 16.1. The Morgan fingerprint density at radius 1 is 1.46 bits per heavy atom. The normalized spacial score (nSPS) is 34.1. The summed E-state index contributed by atoms with van der Waals surface area (Å²) >= 11 is 3.55. The number of carbonyl (C=O) groups excluding carboxylic acids is 2. The molecular weight excluding hydrogens is 376 g/mol. The first-order valence-electron chi connectivity index (χ1n) is 8.28. The summed E-state index contributed by atoms with van der Waals surface area (Å²) in [5.41, 5.74) is 5.57. The van der Waals surface area contributed by atoms with Crippen LogP contribution in [0.1, 0.15) is 35.8 Å². The molecule has 2 fully saturated rings. The van der Waals surface area contributed by atoms with Crippen molar-refractivity contribution in [2.45, 2.75) is 37.1 Å². The van der Waals surface area contributed by atoms with Gasteiger partial charge in [0, 0.05) is 25.8 Å². The van der Waals surface area contributed by atoms with Gasteiger partial charge in [0.05, 0.1) is 23.3 Å². The third kappa shape index (κ3) is 2.02. The molecule has 4 atom stereocenters. The highest BCUT2D eigenvalue weighted by atomic mass is 79.9. The lowest BCUT2D eigenvalue weighted by Gasteiger charge is -2.36. The number of fused-ring (bicyclic) bond motifs is 5. The molecule has 1 saturated heterocycles. The Kier molecular flexibility index (Phi) is 3.74. The second-order valence-corrected chi connectivity index (χ2v) is 7.59. The second kappa shape index (κ2) is 5.57. The van der Waals surface area contributed by atoms with Gasteiger partial charge in [-0.05, 0) is 41.0 Å². The van der Waals surface area contributed by atoms with Gasteiger partial charge in [0.15, 0.2) is 0 Å². The molecule has 7 nitrogen and oxygen atoms in total. The summed E-state index contributed by atoms with van der Waals surface area (Å²) in [6.45, 7) is 1.06. The highest BCUT2D eigenvalue weighted by Crippen LogP contribution is 2.54. The zero-order valence-electron chi connectivity index (χ0n) is 13.5. The molecule has 0 spiro atoms. The largest absolute Gasteiger partial charge is 0.355 e. The molecule has 0 bridgehead atoms. The Labute approximate surface area is 148 Å². The van der Waals surface area contributed by atoms with Crippen LogP contribution in [0.3, 0.4) is 0 Å². The molecule has 3 aliphatic rings. The minimum atomic E-state index is -0.666. The number of aromatic nitrogens is 1. The van der Waals surface area contributed by atoms with E-state index < -0.39 is 5.72 Å². The average Bonchev–Trinajstić information content (AvgIpc) is 3.15. The van der Waals surface area contributed by atoms with Crippen LogP contribution in [0.25, 0.3) is 0 Å². The van der Waals surface area contributed by atoms with Crippen LogP contribution in [-0.4, -0.2) is 53.2 Å². The maximum Gasteiger partial charge on any atom is 0.268 e. The highest BCUT2D eigenvalue weighted by Gasteiger charge is 2.64. The standard InChI is InChI=1S/C16H21BrN4O3/c1-20-13(22)7-9-14-11(8-16(9,20)24-6-2-5-18)21-10(15(23)19-14)3-4-12(21)17/h3-4,9,11,14H,2,5-8,18H2,1H3,(H,19,23)/t9-,11+,14-,16-/m0/s1. The predicted octanol–water partition coefficient (Wildman–Crippen LogP) is 0.847. The molecule has 3 heterocycles. The van der Waals surface area contributed by atoms with Gasteiger partial charge in [-0.1, -0.05) is 0 Å². The minimum Gasteiger partial charge on any atom is -0.355 e. The van der Waals surface area contributed by atoms with Crippen LogP contribution in [0.5, 0.6) is 0 Å². The Hall–Kier alpha value is -1.38. The Morgan fingerprint density at radius 3 is 3.00 bits per heavy atom. The Bertz CT molecular complexity index is 705. The van der Waals surface area contributed by atoms with Gasteiger partial charge in [0.1, 0.15) is 11.4 Å². The zero-order valence-corrected chi connectivity index (χ0v) is 15.1. The van der Waals surface area contributed by atoms with Crippen LogP contribution >= 0.6 is 15.9 Å². The van der Waals surface area contributed by atoms with Gasteiger partial charge >= 0.3 is 0 Å². The Balaban J connectivity index is 1.73. The third-order valence-electron chi connectivity index (χ3n) is 5.70. The van der Waals surface area contributed by atoms with Crippen molar-refractivity contribution in [3.8, 4) is 0 Å². The number of nitrogens with two attached hydrogens (primary N) is 1. The first-order chi connectivity index (χ1) is 11.5. The van der Waals surface area contributed by atoms with E-state index in [1.165, 1.54) is 0 Å². The van der Waals surface area contributed by atoms with Crippen LogP contribution in [0.15, 0.2) is 16.7 Å². The molecule has 0 aromatic carbocycles. The summed E-state index contributed by atoms with van der Waals surface area (Å²) in [5, 5.41) is 3.11. The lowest BCUT2D eigenvalue weighted by molar-refractivity contribution is -0.161. The molecule has 1 aromatic rings. The lowest BCUT2D eigenvalue weighted by atomic mass is 9.95. The maximum absolute atomic E-state index is 12.4. The number of nitrogens with zero attached hydrogens (tertiary/aromatic N) is 2. The molecule has 0 unspecified atom stereocenters. The fraction of sp³-hybridized carbons (Fsp3) is 0.625. The van der Waals surface area contributed by atoms with Crippen molar-refractivity contribution in [3.63, 3.8) is 0 Å². The highest BCUT2D eigenvalue weighted by molar-refractivity contribution is 9.10. The fourth-order valence-corrected chi connectivity index (χ4v) is 5.14. The van der Waals surface area contributed by atoms with Crippen molar-refractivity contribution < 1.29 is 14.3 Å². The number of hydrogen-bond acceptors (Lipinski definition) is 4. The second-order valence-electron chi connectivity index (χ2n) is 6.78. The number of hydrogen-bond donors (Lipinski definition) is 2.